The summed E-state index contributed by atoms with van der Waals surface area (Å²) in [6.07, 6.45) is 5.01. The number of nitrogens with one attached hydrogen (secondary N) is 2. The van der Waals surface area contributed by atoms with E-state index in [9.17, 15) is 0 Å². The minimum absolute atomic E-state index is 0.694. The summed E-state index contributed by atoms with van der Waals surface area (Å²) in [4.78, 5) is 2.35. The lowest BCUT2D eigenvalue weighted by Gasteiger charge is -2.30. The summed E-state index contributed by atoms with van der Waals surface area (Å²) in [5, 5.41) is 7.49. The monoisotopic (exact) mass is 349 g/mol. The number of unbranched alkanes of at least 4 members (excludes halogenated alkanes) is 1. The maximum atomic E-state index is 5.51. The van der Waals surface area contributed by atoms with Crippen molar-refractivity contribution in [2.24, 2.45) is 5.92 Å². The van der Waals surface area contributed by atoms with Gasteiger partial charge >= 0.3 is 0 Å². The molecule has 0 amide bonds. The number of anilines is 2. The Morgan fingerprint density at radius 1 is 1.25 bits per heavy atom. The fourth-order valence-electron chi connectivity index (χ4n) is 3.01. The van der Waals surface area contributed by atoms with Gasteiger partial charge in [0.1, 0.15) is 0 Å². The van der Waals surface area contributed by atoms with Crippen LogP contribution < -0.4 is 15.5 Å². The molecule has 24 heavy (non-hydrogen) atoms. The zero-order valence-corrected chi connectivity index (χ0v) is 15.8. The van der Waals surface area contributed by atoms with E-state index in [4.69, 9.17) is 17.0 Å². The molecule has 1 saturated heterocycles. The van der Waals surface area contributed by atoms with Crippen LogP contribution >= 0.6 is 12.2 Å². The number of para-hydroxylation sites is 2. The molecule has 2 rings (SSSR count). The first-order valence-corrected chi connectivity index (χ1v) is 9.62. The molecular weight excluding hydrogens is 318 g/mol. The van der Waals surface area contributed by atoms with Crippen LogP contribution in [0.2, 0.25) is 0 Å². The number of rotatable bonds is 8. The summed E-state index contributed by atoms with van der Waals surface area (Å²) in [6, 6.07) is 8.36. The van der Waals surface area contributed by atoms with Crippen molar-refractivity contribution in [3.8, 4) is 0 Å². The second kappa shape index (κ2) is 10.5. The Labute approximate surface area is 152 Å². The molecule has 1 aromatic rings. The Balaban J connectivity index is 1.89. The second-order valence-electron chi connectivity index (χ2n) is 6.37. The highest BCUT2D eigenvalue weighted by molar-refractivity contribution is 7.80. The lowest BCUT2D eigenvalue weighted by atomic mass is 9.99. The Bertz CT molecular complexity index is 503. The minimum atomic E-state index is 0.694. The average molecular weight is 350 g/mol. The normalized spacial score (nSPS) is 15.8. The van der Waals surface area contributed by atoms with E-state index in [1.165, 1.54) is 31.4 Å². The minimum Gasteiger partial charge on any atom is -0.378 e. The van der Waals surface area contributed by atoms with Gasteiger partial charge in [-0.1, -0.05) is 45.2 Å². The van der Waals surface area contributed by atoms with Gasteiger partial charge in [-0.25, -0.2) is 0 Å². The fraction of sp³-hybridized carbons (Fsp3) is 0.632. The average Bonchev–Trinajstić information content (AvgIpc) is 2.63. The Hall–Kier alpha value is -1.33. The third kappa shape index (κ3) is 5.95. The first-order valence-electron chi connectivity index (χ1n) is 9.21. The highest BCUT2D eigenvalue weighted by atomic mass is 32.1. The van der Waals surface area contributed by atoms with E-state index in [-0.39, 0.29) is 0 Å². The van der Waals surface area contributed by atoms with E-state index >= 15 is 0 Å². The summed E-state index contributed by atoms with van der Waals surface area (Å²) in [5.41, 5.74) is 2.27. The number of thiocarbonyl (C=S) groups is 1. The van der Waals surface area contributed by atoms with Crippen LogP contribution in [0.1, 0.15) is 39.5 Å². The fourth-order valence-corrected chi connectivity index (χ4v) is 3.20. The van der Waals surface area contributed by atoms with E-state index in [1.807, 2.05) is 6.07 Å². The van der Waals surface area contributed by atoms with E-state index in [1.54, 1.807) is 0 Å². The van der Waals surface area contributed by atoms with Crippen molar-refractivity contribution in [2.45, 2.75) is 39.5 Å². The lowest BCUT2D eigenvalue weighted by Crippen LogP contribution is -2.37. The van der Waals surface area contributed by atoms with Crippen molar-refractivity contribution >= 4 is 28.7 Å². The molecule has 5 heteroatoms. The zero-order valence-electron chi connectivity index (χ0n) is 15.0. The van der Waals surface area contributed by atoms with Crippen molar-refractivity contribution in [1.82, 2.24) is 5.32 Å². The number of ether oxygens (including phenoxy) is 1. The van der Waals surface area contributed by atoms with Crippen molar-refractivity contribution in [2.75, 3.05) is 43.1 Å². The highest BCUT2D eigenvalue weighted by Crippen LogP contribution is 2.26. The molecule has 2 N–H and O–H groups in total. The number of hydrogen-bond acceptors (Lipinski definition) is 3. The summed E-state index contributed by atoms with van der Waals surface area (Å²) >= 11 is 5.51. The topological polar surface area (TPSA) is 36.5 Å². The van der Waals surface area contributed by atoms with Crippen molar-refractivity contribution in [3.63, 3.8) is 0 Å². The predicted molar refractivity (Wildman–Crippen MR) is 107 cm³/mol. The quantitative estimate of drug-likeness (QED) is 0.693. The first kappa shape index (κ1) is 19.0. The molecule has 0 bridgehead atoms. The number of morpholine rings is 1. The smallest absolute Gasteiger partial charge is 0.170 e. The van der Waals surface area contributed by atoms with Crippen molar-refractivity contribution < 1.29 is 4.74 Å². The van der Waals surface area contributed by atoms with Gasteiger partial charge in [-0.2, -0.15) is 0 Å². The van der Waals surface area contributed by atoms with Crippen LogP contribution in [0.25, 0.3) is 0 Å². The number of nitrogens with zero attached hydrogens (tertiary/aromatic N) is 1. The Morgan fingerprint density at radius 3 is 2.71 bits per heavy atom. The van der Waals surface area contributed by atoms with Gasteiger partial charge in [0.05, 0.1) is 24.6 Å². The highest BCUT2D eigenvalue weighted by Gasteiger charge is 2.15. The SMILES string of the molecule is CCCC[C@@H](CC)CNC(=S)Nc1ccccc1N1CCOCC1. The summed E-state index contributed by atoms with van der Waals surface area (Å²) in [7, 11) is 0. The van der Waals surface area contributed by atoms with E-state index < -0.39 is 0 Å². The van der Waals surface area contributed by atoms with Crippen LogP contribution in [0.4, 0.5) is 11.4 Å². The molecule has 1 aromatic carbocycles. The second-order valence-corrected chi connectivity index (χ2v) is 6.78. The molecule has 0 spiro atoms. The van der Waals surface area contributed by atoms with Gasteiger partial charge in [0.25, 0.3) is 0 Å². The third-order valence-electron chi connectivity index (χ3n) is 4.60. The van der Waals surface area contributed by atoms with Crippen LogP contribution in [0.3, 0.4) is 0 Å². The van der Waals surface area contributed by atoms with Crippen LogP contribution in [0, 0.1) is 5.92 Å². The van der Waals surface area contributed by atoms with Gasteiger partial charge in [-0.15, -0.1) is 0 Å². The van der Waals surface area contributed by atoms with Gasteiger partial charge in [0.2, 0.25) is 0 Å². The largest absolute Gasteiger partial charge is 0.378 e. The van der Waals surface area contributed by atoms with Crippen LogP contribution in [0.15, 0.2) is 24.3 Å². The maximum Gasteiger partial charge on any atom is 0.170 e. The van der Waals surface area contributed by atoms with Crippen LogP contribution in [0.5, 0.6) is 0 Å². The molecule has 0 aromatic heterocycles. The summed E-state index contributed by atoms with van der Waals surface area (Å²) in [5.74, 6) is 0.694. The van der Waals surface area contributed by atoms with Gasteiger partial charge in [0, 0.05) is 19.6 Å². The van der Waals surface area contributed by atoms with E-state index in [0.717, 1.165) is 38.5 Å². The van der Waals surface area contributed by atoms with Crippen molar-refractivity contribution in [3.05, 3.63) is 24.3 Å². The number of benzene rings is 1. The van der Waals surface area contributed by atoms with Gasteiger partial charge in [0.15, 0.2) is 5.11 Å². The summed E-state index contributed by atoms with van der Waals surface area (Å²) in [6.45, 7) is 8.87. The Morgan fingerprint density at radius 2 is 2.00 bits per heavy atom. The van der Waals surface area contributed by atoms with Crippen LogP contribution in [-0.2, 0) is 4.74 Å². The molecule has 134 valence electrons. The molecule has 1 aliphatic rings. The molecule has 4 nitrogen and oxygen atoms in total. The van der Waals surface area contributed by atoms with Gasteiger partial charge in [-0.3, -0.25) is 0 Å². The lowest BCUT2D eigenvalue weighted by molar-refractivity contribution is 0.123. The van der Waals surface area contributed by atoms with Crippen LogP contribution in [-0.4, -0.2) is 38.0 Å². The molecular formula is C19H31N3OS. The molecule has 0 saturated carbocycles. The van der Waals surface area contributed by atoms with E-state index in [0.29, 0.717) is 11.0 Å². The molecule has 1 fully saturated rings. The Kier molecular flexibility index (Phi) is 8.33. The van der Waals surface area contributed by atoms with Gasteiger partial charge in [-0.05, 0) is 36.7 Å². The molecule has 1 atom stereocenters. The number of hydrogen-bond donors (Lipinski definition) is 2. The van der Waals surface area contributed by atoms with Crippen molar-refractivity contribution in [1.29, 1.82) is 0 Å². The molecule has 0 radical (unpaired) electrons. The molecule has 0 unspecified atom stereocenters. The molecule has 1 aliphatic heterocycles. The zero-order chi connectivity index (χ0) is 17.2. The van der Waals surface area contributed by atoms with E-state index in [2.05, 4.69) is 47.6 Å². The standard InChI is InChI=1S/C19H31N3OS/c1-3-5-8-16(4-2)15-20-19(24)21-17-9-6-7-10-18(17)22-11-13-23-14-12-22/h6-7,9-10,16H,3-5,8,11-15H2,1-2H3,(H2,20,21,24)/t16-/m1/s1. The first-order chi connectivity index (χ1) is 11.7. The van der Waals surface area contributed by atoms with Gasteiger partial charge < -0.3 is 20.3 Å². The molecule has 0 aliphatic carbocycles. The third-order valence-corrected chi connectivity index (χ3v) is 4.84. The summed E-state index contributed by atoms with van der Waals surface area (Å²) < 4.78 is 5.45. The molecule has 1 heterocycles. The predicted octanol–water partition coefficient (Wildman–Crippen LogP) is 4.03. The maximum absolute atomic E-state index is 5.51.